The summed E-state index contributed by atoms with van der Waals surface area (Å²) >= 11 is 0. The predicted octanol–water partition coefficient (Wildman–Crippen LogP) is 1.43. The Hall–Kier alpha value is -1.97. The molecule has 0 spiro atoms. The highest BCUT2D eigenvalue weighted by molar-refractivity contribution is 5.99. The van der Waals surface area contributed by atoms with Gasteiger partial charge in [0.2, 0.25) is 5.91 Å². The Morgan fingerprint density at radius 1 is 1.56 bits per heavy atom. The monoisotopic (exact) mass is 216 g/mol. The molecule has 2 heterocycles. The molecule has 1 unspecified atom stereocenters. The number of carbonyl (C=O) groups is 2. The second-order valence-electron chi connectivity index (χ2n) is 3.74. The lowest BCUT2D eigenvalue weighted by Crippen LogP contribution is -2.26. The molecule has 0 bridgehead atoms. The summed E-state index contributed by atoms with van der Waals surface area (Å²) in [4.78, 5) is 28.2. The van der Waals surface area contributed by atoms with Crippen LogP contribution in [0.3, 0.4) is 0 Å². The zero-order chi connectivity index (χ0) is 11.5. The molecule has 1 aromatic rings. The number of nitrogens with zero attached hydrogens (tertiary/aromatic N) is 2. The Bertz CT molecular complexity index is 442. The van der Waals surface area contributed by atoms with Crippen LogP contribution >= 0.6 is 0 Å². The van der Waals surface area contributed by atoms with Gasteiger partial charge in [0.25, 0.3) is 0 Å². The number of aromatic nitrogens is 1. The van der Waals surface area contributed by atoms with E-state index >= 15 is 0 Å². The lowest BCUT2D eigenvalue weighted by Gasteiger charge is -2.16. The van der Waals surface area contributed by atoms with E-state index in [0.717, 1.165) is 6.29 Å². The van der Waals surface area contributed by atoms with Gasteiger partial charge in [-0.05, 0) is 12.1 Å². The van der Waals surface area contributed by atoms with Crippen molar-refractivity contribution in [2.75, 3.05) is 11.4 Å². The molecule has 4 nitrogen and oxygen atoms in total. The quantitative estimate of drug-likeness (QED) is 0.567. The van der Waals surface area contributed by atoms with Gasteiger partial charge in [0, 0.05) is 25.1 Å². The van der Waals surface area contributed by atoms with E-state index in [0.29, 0.717) is 24.3 Å². The van der Waals surface area contributed by atoms with Gasteiger partial charge in [0.15, 0.2) is 6.29 Å². The van der Waals surface area contributed by atoms with Crippen molar-refractivity contribution in [1.29, 1.82) is 0 Å². The molecule has 1 aromatic heterocycles. The average Bonchev–Trinajstić information content (AvgIpc) is 2.70. The molecule has 82 valence electrons. The van der Waals surface area contributed by atoms with Crippen molar-refractivity contribution in [2.24, 2.45) is 5.92 Å². The number of amides is 1. The van der Waals surface area contributed by atoms with Crippen molar-refractivity contribution >= 4 is 18.0 Å². The van der Waals surface area contributed by atoms with Gasteiger partial charge in [0.1, 0.15) is 5.82 Å². The van der Waals surface area contributed by atoms with Crippen molar-refractivity contribution in [2.45, 2.75) is 6.42 Å². The fourth-order valence-electron chi connectivity index (χ4n) is 1.82. The molecule has 0 radical (unpaired) electrons. The van der Waals surface area contributed by atoms with E-state index in [4.69, 9.17) is 0 Å². The number of anilines is 1. The molecule has 1 saturated heterocycles. The molecule has 2 rings (SSSR count). The first-order chi connectivity index (χ1) is 7.76. The smallest absolute Gasteiger partial charge is 0.228 e. The van der Waals surface area contributed by atoms with E-state index < -0.39 is 0 Å². The zero-order valence-corrected chi connectivity index (χ0v) is 8.80. The van der Waals surface area contributed by atoms with Gasteiger partial charge in [-0.25, -0.2) is 4.98 Å². The third kappa shape index (κ3) is 1.74. The molecule has 1 fully saturated rings. The van der Waals surface area contributed by atoms with Crippen LogP contribution in [0.1, 0.15) is 16.8 Å². The molecule has 1 atom stereocenters. The van der Waals surface area contributed by atoms with E-state index in [1.54, 1.807) is 29.3 Å². The molecule has 0 aliphatic carbocycles. The SMILES string of the molecule is C=CC1CC(=O)N(c2ncccc2C=O)C1. The van der Waals surface area contributed by atoms with Crippen LogP contribution in [-0.2, 0) is 4.79 Å². The molecule has 1 amide bonds. The third-order valence-electron chi connectivity index (χ3n) is 2.69. The molecule has 4 heteroatoms. The minimum Gasteiger partial charge on any atom is -0.298 e. The first-order valence-corrected chi connectivity index (χ1v) is 5.09. The average molecular weight is 216 g/mol. The Kier molecular flexibility index (Phi) is 2.81. The lowest BCUT2D eigenvalue weighted by molar-refractivity contribution is -0.117. The topological polar surface area (TPSA) is 50.3 Å². The van der Waals surface area contributed by atoms with Crippen molar-refractivity contribution in [3.63, 3.8) is 0 Å². The number of aldehydes is 1. The Morgan fingerprint density at radius 3 is 3.00 bits per heavy atom. The molecular formula is C12H12N2O2. The molecule has 1 aliphatic rings. The minimum absolute atomic E-state index is 0.00769. The van der Waals surface area contributed by atoms with E-state index in [-0.39, 0.29) is 11.8 Å². The summed E-state index contributed by atoms with van der Waals surface area (Å²) in [6.45, 7) is 4.23. The van der Waals surface area contributed by atoms with Crippen molar-refractivity contribution in [1.82, 2.24) is 4.98 Å². The number of hydrogen-bond acceptors (Lipinski definition) is 3. The third-order valence-corrected chi connectivity index (χ3v) is 2.69. The van der Waals surface area contributed by atoms with Gasteiger partial charge in [-0.1, -0.05) is 6.08 Å². The van der Waals surface area contributed by atoms with Crippen molar-refractivity contribution in [3.8, 4) is 0 Å². The highest BCUT2D eigenvalue weighted by Gasteiger charge is 2.30. The molecular weight excluding hydrogens is 204 g/mol. The maximum absolute atomic E-state index is 11.7. The second-order valence-corrected chi connectivity index (χ2v) is 3.74. The van der Waals surface area contributed by atoms with E-state index in [2.05, 4.69) is 11.6 Å². The first-order valence-electron chi connectivity index (χ1n) is 5.09. The van der Waals surface area contributed by atoms with E-state index in [1.807, 2.05) is 0 Å². The molecule has 0 N–H and O–H groups in total. The van der Waals surface area contributed by atoms with E-state index in [1.165, 1.54) is 0 Å². The van der Waals surface area contributed by atoms with Gasteiger partial charge in [-0.15, -0.1) is 6.58 Å². The number of pyridine rings is 1. The van der Waals surface area contributed by atoms with Gasteiger partial charge in [-0.3, -0.25) is 14.5 Å². The Labute approximate surface area is 93.6 Å². The van der Waals surface area contributed by atoms with Crippen LogP contribution in [0.2, 0.25) is 0 Å². The van der Waals surface area contributed by atoms with Crippen LogP contribution in [0.4, 0.5) is 5.82 Å². The minimum atomic E-state index is -0.00769. The molecule has 16 heavy (non-hydrogen) atoms. The van der Waals surface area contributed by atoms with Crippen LogP contribution in [0, 0.1) is 5.92 Å². The number of carbonyl (C=O) groups excluding carboxylic acids is 2. The molecule has 1 aliphatic heterocycles. The summed E-state index contributed by atoms with van der Waals surface area (Å²) in [5.74, 6) is 0.590. The van der Waals surface area contributed by atoms with Crippen LogP contribution < -0.4 is 4.90 Å². The van der Waals surface area contributed by atoms with Crippen LogP contribution in [0.15, 0.2) is 31.0 Å². The second kappa shape index (κ2) is 4.26. The van der Waals surface area contributed by atoms with Crippen molar-refractivity contribution in [3.05, 3.63) is 36.5 Å². The standard InChI is InChI=1S/C12H12N2O2/c1-2-9-6-11(16)14(7-9)12-10(8-15)4-3-5-13-12/h2-5,8-9H,1,6-7H2. The van der Waals surface area contributed by atoms with Gasteiger partial charge >= 0.3 is 0 Å². The zero-order valence-electron chi connectivity index (χ0n) is 8.80. The maximum Gasteiger partial charge on any atom is 0.228 e. The maximum atomic E-state index is 11.7. The van der Waals surface area contributed by atoms with Crippen LogP contribution in [0.5, 0.6) is 0 Å². The lowest BCUT2D eigenvalue weighted by atomic mass is 10.1. The largest absolute Gasteiger partial charge is 0.298 e. The molecule has 0 aromatic carbocycles. The van der Waals surface area contributed by atoms with Gasteiger partial charge in [-0.2, -0.15) is 0 Å². The highest BCUT2D eigenvalue weighted by Crippen LogP contribution is 2.25. The Balaban J connectivity index is 2.34. The first kappa shape index (κ1) is 10.5. The normalized spacial score (nSPS) is 19.9. The summed E-state index contributed by atoms with van der Waals surface area (Å²) < 4.78 is 0. The molecule has 0 saturated carbocycles. The summed E-state index contributed by atoms with van der Waals surface area (Å²) in [6.07, 6.45) is 4.51. The summed E-state index contributed by atoms with van der Waals surface area (Å²) in [6, 6.07) is 3.34. The van der Waals surface area contributed by atoms with Crippen LogP contribution in [-0.4, -0.2) is 23.7 Å². The van der Waals surface area contributed by atoms with Gasteiger partial charge < -0.3 is 0 Å². The highest BCUT2D eigenvalue weighted by atomic mass is 16.2. The summed E-state index contributed by atoms with van der Waals surface area (Å²) in [5, 5.41) is 0. The fraction of sp³-hybridized carbons (Fsp3) is 0.250. The van der Waals surface area contributed by atoms with Crippen LogP contribution in [0.25, 0.3) is 0 Å². The predicted molar refractivity (Wildman–Crippen MR) is 60.3 cm³/mol. The summed E-state index contributed by atoms with van der Waals surface area (Å²) in [5.41, 5.74) is 0.445. The van der Waals surface area contributed by atoms with Gasteiger partial charge in [0.05, 0.1) is 5.56 Å². The number of rotatable bonds is 3. The Morgan fingerprint density at radius 2 is 2.38 bits per heavy atom. The van der Waals surface area contributed by atoms with Crippen molar-refractivity contribution < 1.29 is 9.59 Å². The fourth-order valence-corrected chi connectivity index (χ4v) is 1.82. The summed E-state index contributed by atoms with van der Waals surface area (Å²) in [7, 11) is 0. The number of hydrogen-bond donors (Lipinski definition) is 0. The van der Waals surface area contributed by atoms with E-state index in [9.17, 15) is 9.59 Å².